The van der Waals surface area contributed by atoms with Crippen LogP contribution in [0.1, 0.15) is 5.56 Å². The molecule has 0 saturated carbocycles. The lowest BCUT2D eigenvalue weighted by Crippen LogP contribution is -2.43. The molecule has 0 unspecified atom stereocenters. The van der Waals surface area contributed by atoms with Crippen molar-refractivity contribution in [3.63, 3.8) is 0 Å². The highest BCUT2D eigenvalue weighted by atomic mass is 79.9. The van der Waals surface area contributed by atoms with Crippen molar-refractivity contribution in [3.05, 3.63) is 81.8 Å². The van der Waals surface area contributed by atoms with E-state index in [0.717, 1.165) is 15.7 Å². The van der Waals surface area contributed by atoms with Crippen molar-refractivity contribution in [2.75, 3.05) is 32.9 Å². The average Bonchev–Trinajstić information content (AvgIpc) is 2.85. The highest BCUT2D eigenvalue weighted by molar-refractivity contribution is 9.10. The lowest BCUT2D eigenvalue weighted by atomic mass is 10.2. The van der Waals surface area contributed by atoms with Gasteiger partial charge >= 0.3 is 0 Å². The summed E-state index contributed by atoms with van der Waals surface area (Å²) in [6, 6.07) is 20.3. The molecule has 3 aromatic carbocycles. The number of morpholine rings is 1. The number of carbonyl (C=O) groups is 1. The third-order valence-corrected chi connectivity index (χ3v) is 5.87. The fraction of sp³-hybridized carbons (Fsp3) is 0.200. The monoisotopic (exact) mass is 528 g/mol. The van der Waals surface area contributed by atoms with Gasteiger partial charge in [0.2, 0.25) is 0 Å². The van der Waals surface area contributed by atoms with Gasteiger partial charge in [0.1, 0.15) is 17.2 Å². The molecule has 0 N–H and O–H groups in total. The maximum absolute atomic E-state index is 12.2. The van der Waals surface area contributed by atoms with E-state index in [1.165, 1.54) is 0 Å². The van der Waals surface area contributed by atoms with Crippen LogP contribution in [-0.4, -0.2) is 49.9 Å². The van der Waals surface area contributed by atoms with Crippen molar-refractivity contribution in [3.8, 4) is 17.2 Å². The van der Waals surface area contributed by atoms with Gasteiger partial charge in [-0.15, -0.1) is 0 Å². The number of aliphatic imine (C=N–C) groups is 1. The second-order valence-electron chi connectivity index (χ2n) is 7.26. The minimum atomic E-state index is -0.0437. The summed E-state index contributed by atoms with van der Waals surface area (Å²) in [7, 11) is 0. The number of nitrogens with zero attached hydrogens (tertiary/aromatic N) is 2. The lowest BCUT2D eigenvalue weighted by molar-refractivity contribution is -0.137. The number of amides is 1. The highest BCUT2D eigenvalue weighted by Gasteiger charge is 2.17. The summed E-state index contributed by atoms with van der Waals surface area (Å²) in [4.78, 5) is 18.5. The molecule has 1 aliphatic rings. The first-order valence-corrected chi connectivity index (χ1v) is 11.6. The van der Waals surface area contributed by atoms with Crippen LogP contribution in [-0.2, 0) is 9.53 Å². The molecule has 1 fully saturated rings. The van der Waals surface area contributed by atoms with Gasteiger partial charge in [-0.1, -0.05) is 23.7 Å². The summed E-state index contributed by atoms with van der Waals surface area (Å²) < 4.78 is 17.5. The Hall–Kier alpha value is -2.87. The van der Waals surface area contributed by atoms with Crippen LogP contribution in [0.5, 0.6) is 17.2 Å². The average molecular weight is 530 g/mol. The molecule has 1 saturated heterocycles. The van der Waals surface area contributed by atoms with E-state index in [9.17, 15) is 4.79 Å². The maximum Gasteiger partial charge on any atom is 0.260 e. The fourth-order valence-electron chi connectivity index (χ4n) is 3.16. The smallest absolute Gasteiger partial charge is 0.260 e. The number of carbonyl (C=O) groups excluding carboxylic acids is 1. The predicted molar refractivity (Wildman–Crippen MR) is 132 cm³/mol. The molecule has 0 bridgehead atoms. The van der Waals surface area contributed by atoms with Crippen molar-refractivity contribution >= 4 is 45.3 Å². The Morgan fingerprint density at radius 1 is 1.06 bits per heavy atom. The van der Waals surface area contributed by atoms with Gasteiger partial charge in [-0.25, -0.2) is 0 Å². The minimum Gasteiger partial charge on any atom is -0.483 e. The number of ether oxygens (including phenoxy) is 3. The van der Waals surface area contributed by atoms with Crippen LogP contribution in [0.4, 0.5) is 5.69 Å². The van der Waals surface area contributed by atoms with E-state index in [4.69, 9.17) is 25.8 Å². The second-order valence-corrected chi connectivity index (χ2v) is 8.52. The molecule has 0 aliphatic carbocycles. The van der Waals surface area contributed by atoms with E-state index in [0.29, 0.717) is 48.6 Å². The van der Waals surface area contributed by atoms with E-state index >= 15 is 0 Å². The Morgan fingerprint density at radius 2 is 1.82 bits per heavy atom. The summed E-state index contributed by atoms with van der Waals surface area (Å²) in [6.45, 7) is 2.34. The summed E-state index contributed by atoms with van der Waals surface area (Å²) in [5, 5.41) is 0.558. The Morgan fingerprint density at radius 3 is 2.55 bits per heavy atom. The first-order chi connectivity index (χ1) is 16.1. The molecule has 0 spiro atoms. The molecule has 0 aromatic heterocycles. The number of halogens is 2. The molecule has 8 heteroatoms. The van der Waals surface area contributed by atoms with Crippen LogP contribution in [0.15, 0.2) is 76.2 Å². The molecule has 6 nitrogen and oxygen atoms in total. The minimum absolute atomic E-state index is 0.00531. The maximum atomic E-state index is 12.2. The second kappa shape index (κ2) is 11.3. The number of para-hydroxylation sites is 1. The van der Waals surface area contributed by atoms with Crippen LogP contribution in [0.3, 0.4) is 0 Å². The normalized spacial score (nSPS) is 13.8. The molecule has 1 aliphatic heterocycles. The Kier molecular flexibility index (Phi) is 7.99. The molecular weight excluding hydrogens is 508 g/mol. The van der Waals surface area contributed by atoms with Gasteiger partial charge < -0.3 is 19.1 Å². The quantitative estimate of drug-likeness (QED) is 0.359. The van der Waals surface area contributed by atoms with Crippen molar-refractivity contribution in [2.24, 2.45) is 4.99 Å². The number of rotatable bonds is 7. The number of hydrogen-bond donors (Lipinski definition) is 0. The van der Waals surface area contributed by atoms with Crippen molar-refractivity contribution < 1.29 is 19.0 Å². The van der Waals surface area contributed by atoms with E-state index in [-0.39, 0.29) is 12.5 Å². The van der Waals surface area contributed by atoms with Gasteiger partial charge in [-0.05, 0) is 76.1 Å². The Labute approximate surface area is 205 Å². The predicted octanol–water partition coefficient (Wildman–Crippen LogP) is 5.88. The van der Waals surface area contributed by atoms with Crippen molar-refractivity contribution in [1.82, 2.24) is 4.90 Å². The summed E-state index contributed by atoms with van der Waals surface area (Å²) in [5.74, 6) is 1.85. The van der Waals surface area contributed by atoms with Crippen LogP contribution in [0.2, 0.25) is 5.02 Å². The molecule has 170 valence electrons. The Bertz CT molecular complexity index is 1130. The fourth-order valence-corrected chi connectivity index (χ4v) is 3.85. The zero-order valence-electron chi connectivity index (χ0n) is 17.7. The van der Waals surface area contributed by atoms with Crippen molar-refractivity contribution in [2.45, 2.75) is 0 Å². The SMILES string of the molecule is O=C(COc1ccc(C=Nc2ccc(Oc3ccccc3Cl)cc2)cc1Br)N1CCOCC1. The van der Waals surface area contributed by atoms with Crippen LogP contribution in [0.25, 0.3) is 0 Å². The van der Waals surface area contributed by atoms with Crippen molar-refractivity contribution in [1.29, 1.82) is 0 Å². The van der Waals surface area contributed by atoms with Crippen LogP contribution >= 0.6 is 27.5 Å². The van der Waals surface area contributed by atoms with E-state index in [1.807, 2.05) is 60.7 Å². The van der Waals surface area contributed by atoms with Gasteiger partial charge in [-0.3, -0.25) is 9.79 Å². The van der Waals surface area contributed by atoms with Gasteiger partial charge in [0.25, 0.3) is 5.91 Å². The first-order valence-electron chi connectivity index (χ1n) is 10.4. The highest BCUT2D eigenvalue weighted by Crippen LogP contribution is 2.30. The largest absolute Gasteiger partial charge is 0.483 e. The van der Waals surface area contributed by atoms with E-state index in [1.54, 1.807) is 17.2 Å². The van der Waals surface area contributed by atoms with Gasteiger partial charge in [0.15, 0.2) is 6.61 Å². The molecule has 0 atom stereocenters. The molecule has 3 aromatic rings. The number of benzene rings is 3. The molecule has 4 rings (SSSR count). The molecular formula is C25H22BrClN2O4. The zero-order valence-corrected chi connectivity index (χ0v) is 20.1. The van der Waals surface area contributed by atoms with Gasteiger partial charge in [0, 0.05) is 19.3 Å². The summed E-state index contributed by atoms with van der Waals surface area (Å²) >= 11 is 9.64. The van der Waals surface area contributed by atoms with E-state index < -0.39 is 0 Å². The topological polar surface area (TPSA) is 60.4 Å². The Balaban J connectivity index is 1.33. The zero-order chi connectivity index (χ0) is 23.0. The van der Waals surface area contributed by atoms with Gasteiger partial charge in [-0.2, -0.15) is 0 Å². The van der Waals surface area contributed by atoms with Crippen LogP contribution in [0, 0.1) is 0 Å². The lowest BCUT2D eigenvalue weighted by Gasteiger charge is -2.26. The standard InChI is InChI=1S/C25H22BrClN2O4/c26-21-15-18(5-10-23(21)32-17-25(30)29-11-13-31-14-12-29)16-28-19-6-8-20(9-7-19)33-24-4-2-1-3-22(24)27/h1-10,15-16H,11-14,17H2. The molecule has 1 heterocycles. The van der Waals surface area contributed by atoms with E-state index in [2.05, 4.69) is 20.9 Å². The summed E-state index contributed by atoms with van der Waals surface area (Å²) in [5.41, 5.74) is 1.68. The van der Waals surface area contributed by atoms with Crippen LogP contribution < -0.4 is 9.47 Å². The molecule has 0 radical (unpaired) electrons. The first kappa shape index (κ1) is 23.3. The number of hydrogen-bond acceptors (Lipinski definition) is 5. The summed E-state index contributed by atoms with van der Waals surface area (Å²) in [6.07, 6.45) is 1.76. The third kappa shape index (κ3) is 6.57. The molecule has 1 amide bonds. The molecule has 33 heavy (non-hydrogen) atoms. The third-order valence-electron chi connectivity index (χ3n) is 4.93. The van der Waals surface area contributed by atoms with Gasteiger partial charge in [0.05, 0.1) is 28.4 Å².